The fourth-order valence-electron chi connectivity index (χ4n) is 3.56. The number of aromatic nitrogens is 2. The molecule has 0 atom stereocenters. The molecule has 10 heteroatoms. The van der Waals surface area contributed by atoms with Crippen LogP contribution >= 0.6 is 11.9 Å². The van der Waals surface area contributed by atoms with Crippen molar-refractivity contribution in [1.29, 1.82) is 0 Å². The highest BCUT2D eigenvalue weighted by molar-refractivity contribution is 7.97. The fourth-order valence-corrected chi connectivity index (χ4v) is 4.42. The van der Waals surface area contributed by atoms with E-state index in [1.165, 1.54) is 18.5 Å². The first-order valence-corrected chi connectivity index (χ1v) is 11.4. The second-order valence-electron chi connectivity index (χ2n) is 8.31. The van der Waals surface area contributed by atoms with Gasteiger partial charge in [-0.1, -0.05) is 0 Å². The lowest BCUT2D eigenvalue weighted by atomic mass is 10.3. The molecule has 1 radical (unpaired) electrons. The van der Waals surface area contributed by atoms with Crippen LogP contribution in [0.3, 0.4) is 0 Å². The van der Waals surface area contributed by atoms with E-state index in [0.29, 0.717) is 19.0 Å². The summed E-state index contributed by atoms with van der Waals surface area (Å²) in [4.78, 5) is 21.4. The lowest BCUT2D eigenvalue weighted by Crippen LogP contribution is -2.42. The van der Waals surface area contributed by atoms with Crippen LogP contribution in [-0.4, -0.2) is 58.3 Å². The first-order chi connectivity index (χ1) is 15.5. The largest absolute Gasteiger partial charge is 0.325 e. The molecule has 1 aliphatic carbocycles. The summed E-state index contributed by atoms with van der Waals surface area (Å²) in [5.74, 6) is 3.26. The first kappa shape index (κ1) is 20.8. The van der Waals surface area contributed by atoms with Crippen LogP contribution in [0.25, 0.3) is 0 Å². The Morgan fingerprint density at radius 3 is 2.88 bits per heavy atom. The standard InChI is InChI=1S/C22H26N8OS/c1-28(2)14-22(31)24-16-5-7-17(8-6-16)32-29-12-20-23-9-10-30(20)21(13-29)25-19-11-18(26-27-19)15-3-4-15/h5-11,13,15H,3-4,12,14H2,1-2H3,(H,24,31)(H2,25,26,27)/q+1. The molecule has 3 N–H and O–H groups in total. The predicted molar refractivity (Wildman–Crippen MR) is 127 cm³/mol. The average molecular weight is 451 g/mol. The van der Waals surface area contributed by atoms with Crippen LogP contribution in [0.2, 0.25) is 0 Å². The molecular weight excluding hydrogens is 424 g/mol. The lowest BCUT2D eigenvalue weighted by Gasteiger charge is -2.24. The van der Waals surface area contributed by atoms with Crippen LogP contribution in [-0.2, 0) is 4.79 Å². The van der Waals surface area contributed by atoms with Crippen molar-refractivity contribution in [3.05, 3.63) is 60.4 Å². The molecule has 3 aliphatic rings. The Morgan fingerprint density at radius 2 is 2.12 bits per heavy atom. The Labute approximate surface area is 191 Å². The number of amidine groups is 1. The average Bonchev–Trinajstić information content (AvgIpc) is 3.30. The smallest absolute Gasteiger partial charge is 0.285 e. The Balaban J connectivity index is 1.26. The van der Waals surface area contributed by atoms with Gasteiger partial charge < -0.3 is 10.2 Å². The van der Waals surface area contributed by atoms with Gasteiger partial charge >= 0.3 is 0 Å². The van der Waals surface area contributed by atoms with Gasteiger partial charge in [-0.3, -0.25) is 19.5 Å². The number of rotatable bonds is 8. The van der Waals surface area contributed by atoms with E-state index in [2.05, 4.69) is 42.4 Å². The Morgan fingerprint density at radius 1 is 1.31 bits per heavy atom. The highest BCUT2D eigenvalue weighted by Gasteiger charge is 2.37. The first-order valence-electron chi connectivity index (χ1n) is 10.6. The lowest BCUT2D eigenvalue weighted by molar-refractivity contribution is -0.116. The number of carbonyl (C=O) groups is 1. The molecule has 0 bridgehead atoms. The Kier molecular flexibility index (Phi) is 5.73. The molecule has 0 spiro atoms. The molecule has 165 valence electrons. The predicted octanol–water partition coefficient (Wildman–Crippen LogP) is 3.04. The third-order valence-corrected chi connectivity index (χ3v) is 6.18. The summed E-state index contributed by atoms with van der Waals surface area (Å²) in [5.41, 5.74) is 1.98. The molecule has 1 aromatic carbocycles. The molecule has 0 unspecified atom stereocenters. The van der Waals surface area contributed by atoms with E-state index in [9.17, 15) is 4.79 Å². The number of hydrogen-bond donors (Lipinski definition) is 3. The molecule has 32 heavy (non-hydrogen) atoms. The summed E-state index contributed by atoms with van der Waals surface area (Å²) in [5, 5.41) is 13.9. The third-order valence-electron chi connectivity index (χ3n) is 5.23. The van der Waals surface area contributed by atoms with E-state index in [0.717, 1.165) is 28.1 Å². The minimum absolute atomic E-state index is 0.0277. The second-order valence-corrected chi connectivity index (χ2v) is 9.44. The van der Waals surface area contributed by atoms with Crippen molar-refractivity contribution in [3.63, 3.8) is 0 Å². The highest BCUT2D eigenvalue weighted by Crippen LogP contribution is 2.39. The third kappa shape index (κ3) is 4.87. The maximum absolute atomic E-state index is 11.9. The second kappa shape index (κ2) is 8.81. The van der Waals surface area contributed by atoms with Crippen LogP contribution in [0, 0.1) is 0 Å². The number of anilines is 2. The zero-order valence-electron chi connectivity index (χ0n) is 18.1. The van der Waals surface area contributed by atoms with E-state index in [-0.39, 0.29) is 5.91 Å². The van der Waals surface area contributed by atoms with Gasteiger partial charge in [0.15, 0.2) is 12.0 Å². The van der Waals surface area contributed by atoms with E-state index < -0.39 is 0 Å². The molecule has 1 aromatic heterocycles. The molecule has 9 nitrogen and oxygen atoms in total. The SMILES string of the molecule is CN(C)CC(=O)Nc1ccc(SN2C=C(Nc3cc(C4CC4)[nH]n3)[N+]3C=CN=C3C2)cc1. The van der Waals surface area contributed by atoms with Crippen LogP contribution in [0.4, 0.5) is 11.5 Å². The van der Waals surface area contributed by atoms with Crippen molar-refractivity contribution >= 4 is 35.2 Å². The molecule has 1 amide bonds. The number of H-pyrrole nitrogens is 1. The Bertz CT molecular complexity index is 1080. The van der Waals surface area contributed by atoms with Crippen molar-refractivity contribution in [2.75, 3.05) is 37.8 Å². The number of amides is 1. The van der Waals surface area contributed by atoms with E-state index in [1.807, 2.05) is 60.6 Å². The molecule has 1 saturated carbocycles. The number of nitrogens with one attached hydrogen (secondary N) is 3. The Hall–Kier alpha value is -3.08. The fraction of sp³-hybridized carbons (Fsp3) is 0.318. The number of carbonyl (C=O) groups excluding carboxylic acids is 1. The van der Waals surface area contributed by atoms with Crippen LogP contribution in [0.15, 0.2) is 64.6 Å². The molecule has 2 aromatic rings. The van der Waals surface area contributed by atoms with Gasteiger partial charge in [-0.15, -0.1) is 0 Å². The van der Waals surface area contributed by atoms with Gasteiger partial charge in [-0.2, -0.15) is 10.1 Å². The van der Waals surface area contributed by atoms with E-state index >= 15 is 0 Å². The highest BCUT2D eigenvalue weighted by atomic mass is 32.2. The van der Waals surface area contributed by atoms with Crippen LogP contribution in [0.5, 0.6) is 0 Å². The number of nitrogens with zero attached hydrogens (tertiary/aromatic N) is 5. The van der Waals surface area contributed by atoms with Gasteiger partial charge in [0.05, 0.1) is 18.9 Å². The van der Waals surface area contributed by atoms with Crippen molar-refractivity contribution in [2.45, 2.75) is 23.7 Å². The number of hydrogen-bond acceptors (Lipinski definition) is 8. The molecule has 5 rings (SSSR count). The molecule has 0 saturated heterocycles. The summed E-state index contributed by atoms with van der Waals surface area (Å²) in [6.07, 6.45) is 8.30. The van der Waals surface area contributed by atoms with Crippen LogP contribution in [0.1, 0.15) is 24.5 Å². The van der Waals surface area contributed by atoms with Crippen molar-refractivity contribution in [1.82, 2.24) is 24.3 Å². The van der Waals surface area contributed by atoms with Crippen molar-refractivity contribution < 1.29 is 4.79 Å². The summed E-state index contributed by atoms with van der Waals surface area (Å²) < 4.78 is 2.14. The topological polar surface area (TPSA) is 94.6 Å². The van der Waals surface area contributed by atoms with Gasteiger partial charge in [0, 0.05) is 28.3 Å². The van der Waals surface area contributed by atoms with Crippen molar-refractivity contribution in [3.8, 4) is 0 Å². The van der Waals surface area contributed by atoms with Gasteiger partial charge in [0.25, 0.3) is 11.7 Å². The quantitative estimate of drug-likeness (QED) is 0.423. The number of fused-ring (bicyclic) bond motifs is 1. The van der Waals surface area contributed by atoms with E-state index in [4.69, 9.17) is 0 Å². The molecule has 3 heterocycles. The number of likely N-dealkylation sites (N-methyl/N-ethyl adjacent to an activating group) is 1. The maximum atomic E-state index is 11.9. The number of benzene rings is 1. The number of aromatic amines is 1. The molecular formula is C22H26N8OS+. The van der Waals surface area contributed by atoms with Gasteiger partial charge in [-0.05, 0) is 68.1 Å². The zero-order valence-corrected chi connectivity index (χ0v) is 18.9. The molecule has 1 fully saturated rings. The van der Waals surface area contributed by atoms with E-state index in [1.54, 1.807) is 11.9 Å². The molecule has 2 aliphatic heterocycles. The normalized spacial score (nSPS) is 17.9. The minimum atomic E-state index is -0.0277. The monoisotopic (exact) mass is 450 g/mol. The van der Waals surface area contributed by atoms with Crippen LogP contribution < -0.4 is 15.5 Å². The summed E-state index contributed by atoms with van der Waals surface area (Å²) in [6, 6.07) is 9.95. The van der Waals surface area contributed by atoms with Gasteiger partial charge in [0.1, 0.15) is 6.54 Å². The summed E-state index contributed by atoms with van der Waals surface area (Å²) in [7, 11) is 3.75. The van der Waals surface area contributed by atoms with Gasteiger partial charge in [-0.25, -0.2) is 0 Å². The summed E-state index contributed by atoms with van der Waals surface area (Å²) in [6.45, 7) is 1.04. The maximum Gasteiger partial charge on any atom is 0.285 e. The number of aliphatic imine (C=N–C) groups is 1. The van der Waals surface area contributed by atoms with Gasteiger partial charge in [0.2, 0.25) is 5.91 Å². The van der Waals surface area contributed by atoms with Crippen molar-refractivity contribution in [2.24, 2.45) is 4.99 Å². The zero-order chi connectivity index (χ0) is 22.1. The minimum Gasteiger partial charge on any atom is -0.325 e. The summed E-state index contributed by atoms with van der Waals surface area (Å²) >= 11 is 1.62.